The second kappa shape index (κ2) is 7.40. The summed E-state index contributed by atoms with van der Waals surface area (Å²) >= 11 is 0. The molecule has 2 unspecified atom stereocenters. The third-order valence-electron chi connectivity index (χ3n) is 7.98. The first-order chi connectivity index (χ1) is 14.1. The molecule has 2 heteroatoms. The molecule has 3 saturated carbocycles. The minimum atomic E-state index is 0.0529. The van der Waals surface area contributed by atoms with Crippen molar-refractivity contribution in [2.24, 2.45) is 5.92 Å². The second-order valence-corrected chi connectivity index (χ2v) is 9.88. The minimum absolute atomic E-state index is 0.0529. The summed E-state index contributed by atoms with van der Waals surface area (Å²) in [5, 5.41) is 0. The lowest BCUT2D eigenvalue weighted by Gasteiger charge is -2.59. The summed E-state index contributed by atoms with van der Waals surface area (Å²) in [6.07, 6.45) is 6.96. The molecule has 2 bridgehead atoms. The smallest absolute Gasteiger partial charge is 0.139 e. The van der Waals surface area contributed by atoms with E-state index in [1.807, 2.05) is 0 Å². The molecule has 4 fully saturated rings. The molecule has 0 amide bonds. The number of hydrogen-bond donors (Lipinski definition) is 0. The summed E-state index contributed by atoms with van der Waals surface area (Å²) in [6.45, 7) is 6.62. The topological polar surface area (TPSA) is 20.3 Å². The Bertz CT molecular complexity index is 820. The van der Waals surface area contributed by atoms with Gasteiger partial charge in [-0.2, -0.15) is 0 Å². The highest BCUT2D eigenvalue weighted by atomic mass is 16.1. The Labute approximate surface area is 175 Å². The van der Waals surface area contributed by atoms with Crippen molar-refractivity contribution in [1.82, 2.24) is 4.90 Å². The first-order valence-corrected chi connectivity index (χ1v) is 11.5. The maximum Gasteiger partial charge on any atom is 0.139 e. The van der Waals surface area contributed by atoms with E-state index in [9.17, 15) is 4.79 Å². The Morgan fingerprint density at radius 2 is 1.24 bits per heavy atom. The maximum absolute atomic E-state index is 13.6. The number of ketones is 1. The first kappa shape index (κ1) is 19.1. The van der Waals surface area contributed by atoms with Crippen molar-refractivity contribution in [3.05, 3.63) is 70.8 Å². The van der Waals surface area contributed by atoms with Gasteiger partial charge in [-0.25, -0.2) is 0 Å². The zero-order chi connectivity index (χ0) is 20.0. The van der Waals surface area contributed by atoms with Gasteiger partial charge in [0.2, 0.25) is 0 Å². The van der Waals surface area contributed by atoms with Gasteiger partial charge in [0.05, 0.1) is 0 Å². The molecule has 1 heterocycles. The van der Waals surface area contributed by atoms with Gasteiger partial charge in [-0.15, -0.1) is 0 Å². The Balaban J connectivity index is 1.58. The van der Waals surface area contributed by atoms with Gasteiger partial charge >= 0.3 is 0 Å². The number of carbonyl (C=O) groups excluding carboxylic acids is 1. The number of benzene rings is 2. The first-order valence-electron chi connectivity index (χ1n) is 11.5. The van der Waals surface area contributed by atoms with E-state index in [1.165, 1.54) is 54.6 Å². The average molecular weight is 388 g/mol. The molecule has 0 spiro atoms. The van der Waals surface area contributed by atoms with Crippen molar-refractivity contribution < 1.29 is 4.79 Å². The number of fused-ring (bicyclic) bond motifs is 3. The van der Waals surface area contributed by atoms with Crippen LogP contribution in [0.15, 0.2) is 48.5 Å². The molecule has 6 rings (SSSR count). The van der Waals surface area contributed by atoms with Crippen LogP contribution in [0.4, 0.5) is 0 Å². The summed E-state index contributed by atoms with van der Waals surface area (Å²) in [7, 11) is 0. The van der Waals surface area contributed by atoms with E-state index in [-0.39, 0.29) is 11.5 Å². The van der Waals surface area contributed by atoms with Crippen molar-refractivity contribution in [3.63, 3.8) is 0 Å². The van der Waals surface area contributed by atoms with E-state index < -0.39 is 0 Å². The molecule has 0 aromatic heterocycles. The van der Waals surface area contributed by atoms with E-state index in [2.05, 4.69) is 67.3 Å². The Kier molecular flexibility index (Phi) is 4.86. The van der Waals surface area contributed by atoms with Crippen molar-refractivity contribution in [3.8, 4) is 0 Å². The van der Waals surface area contributed by atoms with E-state index in [1.54, 1.807) is 0 Å². The van der Waals surface area contributed by atoms with Crippen LogP contribution in [-0.4, -0.2) is 29.3 Å². The predicted molar refractivity (Wildman–Crippen MR) is 118 cm³/mol. The van der Waals surface area contributed by atoms with Crippen LogP contribution < -0.4 is 0 Å². The SMILES string of the molecule is Cc1ccc(C2CC3(N4CCCCC4)CC(=O)C2C(c2ccc(C)cc2)C3)cc1. The molecule has 0 radical (unpaired) electrons. The van der Waals surface area contributed by atoms with Gasteiger partial charge in [-0.1, -0.05) is 66.1 Å². The lowest BCUT2D eigenvalue weighted by atomic mass is 9.52. The van der Waals surface area contributed by atoms with Crippen LogP contribution in [-0.2, 0) is 4.79 Å². The largest absolute Gasteiger partial charge is 0.299 e. The van der Waals surface area contributed by atoms with Gasteiger partial charge in [0.1, 0.15) is 5.78 Å². The number of nitrogens with zero attached hydrogens (tertiary/aromatic N) is 1. The summed E-state index contributed by atoms with van der Waals surface area (Å²) in [6, 6.07) is 18.0. The second-order valence-electron chi connectivity index (χ2n) is 9.88. The number of Topliss-reactive ketones (excluding diaryl/α,β-unsaturated/α-hetero) is 1. The molecule has 1 aliphatic heterocycles. The van der Waals surface area contributed by atoms with Crippen LogP contribution in [0.25, 0.3) is 0 Å². The summed E-state index contributed by atoms with van der Waals surface area (Å²) < 4.78 is 0. The number of hydrogen-bond acceptors (Lipinski definition) is 2. The molecule has 2 aromatic rings. The lowest BCUT2D eigenvalue weighted by molar-refractivity contribution is -0.140. The van der Waals surface area contributed by atoms with Gasteiger partial charge in [0, 0.05) is 17.9 Å². The monoisotopic (exact) mass is 387 g/mol. The van der Waals surface area contributed by atoms with Crippen molar-refractivity contribution in [1.29, 1.82) is 0 Å². The molecule has 1 saturated heterocycles. The summed E-state index contributed by atoms with van der Waals surface area (Å²) in [4.78, 5) is 16.3. The van der Waals surface area contributed by atoms with Crippen LogP contribution >= 0.6 is 0 Å². The third-order valence-corrected chi connectivity index (χ3v) is 7.98. The van der Waals surface area contributed by atoms with Gasteiger partial charge in [0.15, 0.2) is 0 Å². The average Bonchev–Trinajstić information content (AvgIpc) is 2.75. The van der Waals surface area contributed by atoms with Gasteiger partial charge < -0.3 is 0 Å². The lowest BCUT2D eigenvalue weighted by Crippen LogP contribution is -2.62. The predicted octanol–water partition coefficient (Wildman–Crippen LogP) is 5.78. The van der Waals surface area contributed by atoms with E-state index in [0.717, 1.165) is 19.3 Å². The summed E-state index contributed by atoms with van der Waals surface area (Å²) in [5.41, 5.74) is 5.37. The Morgan fingerprint density at radius 3 is 1.72 bits per heavy atom. The molecule has 0 N–H and O–H groups in total. The van der Waals surface area contributed by atoms with Crippen molar-refractivity contribution >= 4 is 5.78 Å². The molecular formula is C27H33NO. The highest BCUT2D eigenvalue weighted by Gasteiger charge is 2.57. The maximum atomic E-state index is 13.6. The van der Waals surface area contributed by atoms with E-state index >= 15 is 0 Å². The molecule has 2 aromatic carbocycles. The Hall–Kier alpha value is -1.93. The normalized spacial score (nSPS) is 32.5. The van der Waals surface area contributed by atoms with Crippen LogP contribution in [0.1, 0.15) is 72.6 Å². The number of rotatable bonds is 3. The highest BCUT2D eigenvalue weighted by molar-refractivity contribution is 5.87. The van der Waals surface area contributed by atoms with E-state index in [4.69, 9.17) is 0 Å². The fourth-order valence-corrected chi connectivity index (χ4v) is 6.49. The zero-order valence-electron chi connectivity index (χ0n) is 17.9. The van der Waals surface area contributed by atoms with Gasteiger partial charge in [-0.3, -0.25) is 9.69 Å². The fraction of sp³-hybridized carbons (Fsp3) is 0.519. The number of aryl methyl sites for hydroxylation is 2. The van der Waals surface area contributed by atoms with Crippen molar-refractivity contribution in [2.75, 3.05) is 13.1 Å². The molecule has 3 aliphatic carbocycles. The minimum Gasteiger partial charge on any atom is -0.299 e. The van der Waals surface area contributed by atoms with Crippen LogP contribution in [0, 0.1) is 19.8 Å². The zero-order valence-corrected chi connectivity index (χ0v) is 17.9. The van der Waals surface area contributed by atoms with Crippen LogP contribution in [0.2, 0.25) is 0 Å². The van der Waals surface area contributed by atoms with Crippen LogP contribution in [0.5, 0.6) is 0 Å². The molecule has 152 valence electrons. The highest BCUT2D eigenvalue weighted by Crippen LogP contribution is 2.58. The molecule has 29 heavy (non-hydrogen) atoms. The molecule has 4 aliphatic rings. The molecular weight excluding hydrogens is 354 g/mol. The standard InChI is InChI=1S/C27H33NO/c1-19-6-10-21(11-7-19)23-16-27(28-14-4-3-5-15-28)17-24(26(23)25(29)18-27)22-12-8-20(2)9-13-22/h6-13,23-24,26H,3-5,14-18H2,1-2H3. The number of carbonyl (C=O) groups is 1. The molecule has 2 atom stereocenters. The number of likely N-dealkylation sites (tertiary alicyclic amines) is 1. The van der Waals surface area contributed by atoms with E-state index in [0.29, 0.717) is 17.6 Å². The fourth-order valence-electron chi connectivity index (χ4n) is 6.49. The quantitative estimate of drug-likeness (QED) is 0.665. The Morgan fingerprint density at radius 1 is 0.759 bits per heavy atom. The molecule has 2 nitrogen and oxygen atoms in total. The third kappa shape index (κ3) is 3.36. The van der Waals surface area contributed by atoms with Gasteiger partial charge in [-0.05, 0) is 75.6 Å². The van der Waals surface area contributed by atoms with Crippen molar-refractivity contribution in [2.45, 2.75) is 69.7 Å². The van der Waals surface area contributed by atoms with Gasteiger partial charge in [0.25, 0.3) is 0 Å². The summed E-state index contributed by atoms with van der Waals surface area (Å²) in [5.74, 6) is 1.33. The number of piperidine rings is 1. The van der Waals surface area contributed by atoms with Crippen LogP contribution in [0.3, 0.4) is 0 Å².